The van der Waals surface area contributed by atoms with Crippen molar-refractivity contribution in [3.05, 3.63) is 89.5 Å². The summed E-state index contributed by atoms with van der Waals surface area (Å²) in [7, 11) is 1.80. The molecule has 242 valence electrons. The van der Waals surface area contributed by atoms with Gasteiger partial charge in [0.1, 0.15) is 0 Å². The van der Waals surface area contributed by atoms with Gasteiger partial charge in [-0.2, -0.15) is 0 Å². The Balaban J connectivity index is 1.11. The molecule has 1 fully saturated rings. The van der Waals surface area contributed by atoms with Crippen LogP contribution < -0.4 is 16.4 Å². The lowest BCUT2D eigenvalue weighted by atomic mass is 10.0. The number of carbonyl (C=O) groups excluding carboxylic acids is 2. The zero-order valence-corrected chi connectivity index (χ0v) is 26.5. The number of nitrogens with two attached hydrogens (primary N) is 1. The predicted molar refractivity (Wildman–Crippen MR) is 176 cm³/mol. The molecule has 4 aromatic rings. The normalized spacial score (nSPS) is 17.8. The number of tetrazole rings is 1. The van der Waals surface area contributed by atoms with E-state index in [-0.39, 0.29) is 30.6 Å². The Morgan fingerprint density at radius 1 is 0.935 bits per heavy atom. The molecule has 0 bridgehead atoms. The summed E-state index contributed by atoms with van der Waals surface area (Å²) in [6.45, 7) is -0.0183. The average Bonchev–Trinajstić information content (AvgIpc) is 3.49. The van der Waals surface area contributed by atoms with Gasteiger partial charge in [0.05, 0.1) is 30.2 Å². The van der Waals surface area contributed by atoms with Crippen molar-refractivity contribution in [1.29, 1.82) is 0 Å². The smallest absolute Gasteiger partial charge is 0.224 e. The maximum absolute atomic E-state index is 12.6. The summed E-state index contributed by atoms with van der Waals surface area (Å²) in [6, 6.07) is 22.4. The summed E-state index contributed by atoms with van der Waals surface area (Å²) in [5.41, 5.74) is 10.4. The number of thioether (sulfide) groups is 1. The fourth-order valence-corrected chi connectivity index (χ4v) is 5.92. The van der Waals surface area contributed by atoms with Crippen LogP contribution in [-0.2, 0) is 32.7 Å². The summed E-state index contributed by atoms with van der Waals surface area (Å²) in [6.07, 6.45) is 2.55. The van der Waals surface area contributed by atoms with Crippen LogP contribution in [0.15, 0.2) is 78.0 Å². The first-order valence-electron chi connectivity index (χ1n) is 15.3. The van der Waals surface area contributed by atoms with Gasteiger partial charge < -0.3 is 30.9 Å². The Bertz CT molecular complexity index is 1580. The molecular formula is C33H39N7O5S. The number of aromatic nitrogens is 4. The monoisotopic (exact) mass is 645 g/mol. The predicted octanol–water partition coefficient (Wildman–Crippen LogP) is 5.15. The fourth-order valence-electron chi connectivity index (χ4n) is 5.05. The molecule has 5 N–H and O–H groups in total. The van der Waals surface area contributed by atoms with E-state index in [0.29, 0.717) is 60.1 Å². The third-order valence-corrected chi connectivity index (χ3v) is 8.75. The third-order valence-electron chi connectivity index (χ3n) is 7.60. The lowest BCUT2D eigenvalue weighted by Crippen LogP contribution is -2.31. The highest BCUT2D eigenvalue weighted by Gasteiger charge is 2.32. The number of rotatable bonds is 14. The molecule has 12 nitrogen and oxygen atoms in total. The van der Waals surface area contributed by atoms with Crippen molar-refractivity contribution in [3.8, 4) is 0 Å². The number of nitrogens with zero attached hydrogens (tertiary/aromatic N) is 4. The van der Waals surface area contributed by atoms with Gasteiger partial charge >= 0.3 is 0 Å². The summed E-state index contributed by atoms with van der Waals surface area (Å²) >= 11 is 1.52. The molecule has 3 aromatic carbocycles. The fraction of sp³-hybridized carbons (Fsp3) is 0.364. The van der Waals surface area contributed by atoms with Crippen LogP contribution in [0.25, 0.3) is 0 Å². The number of benzene rings is 3. The molecule has 13 heteroatoms. The Hall–Kier alpha value is -4.30. The van der Waals surface area contributed by atoms with Gasteiger partial charge in [0, 0.05) is 43.3 Å². The van der Waals surface area contributed by atoms with Crippen LogP contribution in [0.1, 0.15) is 67.6 Å². The molecule has 1 aliphatic heterocycles. The second-order valence-electron chi connectivity index (χ2n) is 11.1. The molecule has 46 heavy (non-hydrogen) atoms. The van der Waals surface area contributed by atoms with E-state index in [1.54, 1.807) is 23.9 Å². The van der Waals surface area contributed by atoms with Crippen molar-refractivity contribution in [1.82, 2.24) is 20.2 Å². The number of hydrogen-bond acceptors (Lipinski definition) is 10. The first-order valence-corrected chi connectivity index (χ1v) is 16.3. The minimum absolute atomic E-state index is 0.0183. The number of nitrogens with one attached hydrogen (secondary N) is 2. The number of nitrogen functional groups attached to an aromatic ring is 1. The molecule has 3 atom stereocenters. The van der Waals surface area contributed by atoms with Crippen LogP contribution >= 0.6 is 11.8 Å². The molecule has 0 saturated carbocycles. The van der Waals surface area contributed by atoms with Crippen molar-refractivity contribution < 1.29 is 24.2 Å². The Morgan fingerprint density at radius 3 is 2.30 bits per heavy atom. The first-order chi connectivity index (χ1) is 22.4. The number of para-hydroxylation sites is 2. The molecule has 5 rings (SSSR count). The first kappa shape index (κ1) is 33.1. The van der Waals surface area contributed by atoms with E-state index in [1.165, 1.54) is 11.8 Å². The molecule has 1 aromatic heterocycles. The molecule has 2 heterocycles. The molecule has 1 aliphatic rings. The van der Waals surface area contributed by atoms with Crippen LogP contribution in [-0.4, -0.2) is 49.0 Å². The molecule has 1 saturated heterocycles. The number of anilines is 3. The number of amides is 2. The quantitative estimate of drug-likeness (QED) is 0.0818. The van der Waals surface area contributed by atoms with E-state index in [2.05, 4.69) is 26.2 Å². The largest absolute Gasteiger partial charge is 0.397 e. The van der Waals surface area contributed by atoms with Gasteiger partial charge in [-0.05, 0) is 58.7 Å². The van der Waals surface area contributed by atoms with E-state index in [1.807, 2.05) is 60.7 Å². The number of hydrogen-bond donors (Lipinski definition) is 4. The van der Waals surface area contributed by atoms with Gasteiger partial charge in [0.2, 0.25) is 17.0 Å². The van der Waals surface area contributed by atoms with Gasteiger partial charge in [-0.1, -0.05) is 66.7 Å². The number of ether oxygens (including phenoxy) is 2. The minimum Gasteiger partial charge on any atom is -0.397 e. The SMILES string of the molecule is Cn1nnnc1SCC1CC(c2ccc(CO)cc2)OC(c2ccc(NC(=O)CCCCCC(=O)Nc3ccccc3N)cc2)O1. The maximum atomic E-state index is 12.6. The van der Waals surface area contributed by atoms with Crippen molar-refractivity contribution >= 4 is 40.6 Å². The van der Waals surface area contributed by atoms with E-state index >= 15 is 0 Å². The average molecular weight is 646 g/mol. The highest BCUT2D eigenvalue weighted by molar-refractivity contribution is 7.99. The van der Waals surface area contributed by atoms with Gasteiger partial charge in [-0.3, -0.25) is 9.59 Å². The summed E-state index contributed by atoms with van der Waals surface area (Å²) in [5.74, 6) is 0.466. The number of unbranched alkanes of at least 4 members (excludes halogenated alkanes) is 2. The van der Waals surface area contributed by atoms with Crippen LogP contribution in [0.3, 0.4) is 0 Å². The Morgan fingerprint density at radius 2 is 1.63 bits per heavy atom. The highest BCUT2D eigenvalue weighted by Crippen LogP contribution is 2.39. The van der Waals surface area contributed by atoms with Gasteiger partial charge in [-0.25, -0.2) is 4.68 Å². The molecule has 0 radical (unpaired) electrons. The zero-order valence-electron chi connectivity index (χ0n) is 25.7. The summed E-state index contributed by atoms with van der Waals surface area (Å²) in [5, 5.41) is 27.6. The lowest BCUT2D eigenvalue weighted by Gasteiger charge is -2.36. The molecular weight excluding hydrogens is 606 g/mol. The van der Waals surface area contributed by atoms with Crippen LogP contribution in [0, 0.1) is 0 Å². The van der Waals surface area contributed by atoms with Crippen molar-refractivity contribution in [2.75, 3.05) is 22.1 Å². The van der Waals surface area contributed by atoms with Crippen molar-refractivity contribution in [3.63, 3.8) is 0 Å². The van der Waals surface area contributed by atoms with Crippen LogP contribution in [0.4, 0.5) is 17.1 Å². The summed E-state index contributed by atoms with van der Waals surface area (Å²) in [4.78, 5) is 24.8. The lowest BCUT2D eigenvalue weighted by molar-refractivity contribution is -0.245. The number of aliphatic hydroxyl groups excluding tert-OH is 1. The summed E-state index contributed by atoms with van der Waals surface area (Å²) < 4.78 is 14.4. The Kier molecular flexibility index (Phi) is 11.7. The van der Waals surface area contributed by atoms with Crippen LogP contribution in [0.2, 0.25) is 0 Å². The van der Waals surface area contributed by atoms with E-state index in [9.17, 15) is 14.7 Å². The number of carbonyl (C=O) groups is 2. The van der Waals surface area contributed by atoms with Gasteiger partial charge in [-0.15, -0.1) is 5.10 Å². The molecule has 0 spiro atoms. The Labute approximate surface area is 272 Å². The topological polar surface area (TPSA) is 167 Å². The van der Waals surface area contributed by atoms with Gasteiger partial charge in [0.25, 0.3) is 0 Å². The number of aliphatic hydroxyl groups is 1. The minimum atomic E-state index is -0.611. The molecule has 0 aliphatic carbocycles. The maximum Gasteiger partial charge on any atom is 0.224 e. The van der Waals surface area contributed by atoms with Crippen molar-refractivity contribution in [2.24, 2.45) is 7.05 Å². The molecule has 2 amide bonds. The standard InChI is InChI=1S/C33H39N7O5S/c1-40-33(37-38-39-40)46-21-26-19-29(23-13-11-22(20-41)12-14-23)45-32(44-26)24-15-17-25(18-16-24)35-30(42)9-3-2-4-10-31(43)36-28-8-6-5-7-27(28)34/h5-8,11-18,26,29,32,41H,2-4,9-10,19-21,34H2,1H3,(H,35,42)(H,36,43). The van der Waals surface area contributed by atoms with E-state index in [0.717, 1.165) is 23.1 Å². The van der Waals surface area contributed by atoms with E-state index < -0.39 is 6.29 Å². The van der Waals surface area contributed by atoms with Gasteiger partial charge in [0.15, 0.2) is 6.29 Å². The molecule has 3 unspecified atom stereocenters. The zero-order chi connectivity index (χ0) is 32.3. The second-order valence-corrected chi connectivity index (χ2v) is 12.1. The highest BCUT2D eigenvalue weighted by atomic mass is 32.2. The third kappa shape index (κ3) is 9.36. The van der Waals surface area contributed by atoms with Crippen molar-refractivity contribution in [2.45, 2.75) is 68.8 Å². The van der Waals surface area contributed by atoms with Crippen LogP contribution in [0.5, 0.6) is 0 Å². The van der Waals surface area contributed by atoms with E-state index in [4.69, 9.17) is 15.2 Å². The number of aryl methyl sites for hydroxylation is 1. The second kappa shape index (κ2) is 16.3.